The smallest absolute Gasteiger partial charge is 0.179 e. The molecule has 0 bridgehead atoms. The summed E-state index contributed by atoms with van der Waals surface area (Å²) >= 11 is 3.06. The molecule has 0 spiro atoms. The van der Waals surface area contributed by atoms with E-state index in [0.29, 0.717) is 10.9 Å². The zero-order chi connectivity index (χ0) is 10.8. The minimum atomic E-state index is -3.26. The second-order valence-corrected chi connectivity index (χ2v) is 5.82. The first kappa shape index (κ1) is 11.7. The monoisotopic (exact) mass is 280 g/mol. The molecule has 0 atom stereocenters. The molecule has 1 aromatic carbocycles. The van der Waals surface area contributed by atoms with E-state index in [-0.39, 0.29) is 16.5 Å². The molecule has 0 saturated heterocycles. The van der Waals surface area contributed by atoms with E-state index in [0.717, 1.165) is 0 Å². The lowest BCUT2D eigenvalue weighted by atomic mass is 10.2. The molecule has 0 aliphatic rings. The fraction of sp³-hybridized carbons (Fsp3) is 0.333. The van der Waals surface area contributed by atoms with Gasteiger partial charge in [-0.3, -0.25) is 0 Å². The Bertz CT molecular complexity index is 428. The Labute approximate surface area is 91.2 Å². The molecule has 0 aliphatic heterocycles. The first-order chi connectivity index (χ1) is 6.47. The lowest BCUT2D eigenvalue weighted by molar-refractivity contribution is 0.595. The first-order valence-corrected chi connectivity index (χ1v) is 6.79. The van der Waals surface area contributed by atoms with Crippen molar-refractivity contribution >= 4 is 25.8 Å². The Morgan fingerprint density at radius 2 is 2.07 bits per heavy atom. The van der Waals surface area contributed by atoms with Crippen molar-refractivity contribution in [3.63, 3.8) is 0 Å². The third-order valence-electron chi connectivity index (χ3n) is 1.83. The van der Waals surface area contributed by atoms with Crippen molar-refractivity contribution in [1.82, 2.24) is 0 Å². The first-order valence-electron chi connectivity index (χ1n) is 4.02. The third kappa shape index (κ3) is 2.54. The van der Waals surface area contributed by atoms with Crippen LogP contribution in [0.25, 0.3) is 0 Å². The van der Waals surface area contributed by atoms with E-state index in [1.165, 1.54) is 18.2 Å². The average Bonchev–Trinajstić information content (AvgIpc) is 2.09. The summed E-state index contributed by atoms with van der Waals surface area (Å²) in [5.41, 5.74) is 0.348. The molecule has 5 heteroatoms. The molecule has 1 aromatic rings. The highest BCUT2D eigenvalue weighted by Gasteiger charge is 2.14. The summed E-state index contributed by atoms with van der Waals surface area (Å²) < 4.78 is 36.0. The van der Waals surface area contributed by atoms with Crippen molar-refractivity contribution in [2.45, 2.75) is 11.8 Å². The highest BCUT2D eigenvalue weighted by atomic mass is 79.9. The predicted octanol–water partition coefficient (Wildman–Crippen LogP) is 2.30. The van der Waals surface area contributed by atoms with Gasteiger partial charge in [0.1, 0.15) is 5.82 Å². The predicted molar refractivity (Wildman–Crippen MR) is 57.0 cm³/mol. The lowest BCUT2D eigenvalue weighted by Crippen LogP contribution is -2.08. The number of hydrogen-bond donors (Lipinski definition) is 0. The molecule has 1 rings (SSSR count). The summed E-state index contributed by atoms with van der Waals surface area (Å²) in [7, 11) is -3.26. The zero-order valence-corrected chi connectivity index (χ0v) is 10.0. The van der Waals surface area contributed by atoms with Crippen LogP contribution in [-0.4, -0.2) is 19.5 Å². The zero-order valence-electron chi connectivity index (χ0n) is 7.63. The van der Waals surface area contributed by atoms with Gasteiger partial charge in [0.15, 0.2) is 9.84 Å². The van der Waals surface area contributed by atoms with Crippen LogP contribution in [0.15, 0.2) is 23.1 Å². The average molecular weight is 281 g/mol. The van der Waals surface area contributed by atoms with Gasteiger partial charge in [0.2, 0.25) is 0 Å². The Morgan fingerprint density at radius 1 is 1.43 bits per heavy atom. The minimum absolute atomic E-state index is 0.0259. The molecule has 0 saturated carbocycles. The van der Waals surface area contributed by atoms with Crippen LogP contribution in [-0.2, 0) is 9.84 Å². The van der Waals surface area contributed by atoms with Crippen molar-refractivity contribution in [2.24, 2.45) is 0 Å². The Morgan fingerprint density at radius 3 is 2.57 bits per heavy atom. The molecule has 0 radical (unpaired) electrons. The summed E-state index contributed by atoms with van der Waals surface area (Å²) in [6, 6.07) is 3.82. The highest BCUT2D eigenvalue weighted by Crippen LogP contribution is 2.15. The number of alkyl halides is 1. The van der Waals surface area contributed by atoms with Gasteiger partial charge in [-0.1, -0.05) is 15.9 Å². The van der Waals surface area contributed by atoms with Crippen LogP contribution in [0.5, 0.6) is 0 Å². The molecule has 0 unspecified atom stereocenters. The largest absolute Gasteiger partial charge is 0.224 e. The van der Waals surface area contributed by atoms with Gasteiger partial charge < -0.3 is 0 Å². The molecule has 0 fully saturated rings. The molecule has 78 valence electrons. The Balaban J connectivity index is 3.15. The van der Waals surface area contributed by atoms with Crippen LogP contribution < -0.4 is 0 Å². The number of benzene rings is 1. The van der Waals surface area contributed by atoms with E-state index < -0.39 is 9.84 Å². The van der Waals surface area contributed by atoms with Gasteiger partial charge in [0, 0.05) is 5.33 Å². The maximum atomic E-state index is 12.9. The summed E-state index contributed by atoms with van der Waals surface area (Å²) in [5, 5.41) is 0.381. The topological polar surface area (TPSA) is 34.1 Å². The van der Waals surface area contributed by atoms with Crippen molar-refractivity contribution in [3.8, 4) is 0 Å². The van der Waals surface area contributed by atoms with E-state index in [9.17, 15) is 12.8 Å². The second kappa shape index (κ2) is 4.40. The van der Waals surface area contributed by atoms with Gasteiger partial charge >= 0.3 is 0 Å². The van der Waals surface area contributed by atoms with Crippen molar-refractivity contribution in [1.29, 1.82) is 0 Å². The number of hydrogen-bond acceptors (Lipinski definition) is 2. The van der Waals surface area contributed by atoms with Gasteiger partial charge in [0.05, 0.1) is 10.6 Å². The highest BCUT2D eigenvalue weighted by molar-refractivity contribution is 9.09. The quantitative estimate of drug-likeness (QED) is 0.629. The molecule has 0 heterocycles. The van der Waals surface area contributed by atoms with Crippen molar-refractivity contribution < 1.29 is 12.8 Å². The van der Waals surface area contributed by atoms with Gasteiger partial charge in [0.25, 0.3) is 0 Å². The molecule has 2 nitrogen and oxygen atoms in total. The fourth-order valence-corrected chi connectivity index (χ4v) is 3.38. The molecular formula is C9H10BrFO2S. The Hall–Kier alpha value is -0.420. The third-order valence-corrected chi connectivity index (χ3v) is 4.47. The maximum Gasteiger partial charge on any atom is 0.179 e. The summed E-state index contributed by atoms with van der Waals surface area (Å²) in [6.45, 7) is 1.54. The van der Waals surface area contributed by atoms with Gasteiger partial charge in [-0.05, 0) is 30.7 Å². The van der Waals surface area contributed by atoms with Crippen LogP contribution >= 0.6 is 15.9 Å². The molecule has 0 aliphatic carbocycles. The fourth-order valence-electron chi connectivity index (χ4n) is 1.03. The molecule has 0 aromatic heterocycles. The second-order valence-electron chi connectivity index (χ2n) is 2.92. The van der Waals surface area contributed by atoms with E-state index in [1.54, 1.807) is 6.92 Å². The number of rotatable bonds is 3. The summed E-state index contributed by atoms with van der Waals surface area (Å²) in [4.78, 5) is 0.177. The van der Waals surface area contributed by atoms with Gasteiger partial charge in [-0.2, -0.15) is 0 Å². The van der Waals surface area contributed by atoms with Gasteiger partial charge in [-0.25, -0.2) is 12.8 Å². The molecule has 0 N–H and O–H groups in total. The maximum absolute atomic E-state index is 12.9. The van der Waals surface area contributed by atoms with Crippen LogP contribution in [0.2, 0.25) is 0 Å². The van der Waals surface area contributed by atoms with Crippen LogP contribution in [0, 0.1) is 12.7 Å². The van der Waals surface area contributed by atoms with Crippen molar-refractivity contribution in [2.75, 3.05) is 11.1 Å². The van der Waals surface area contributed by atoms with E-state index >= 15 is 0 Å². The number of aryl methyl sites for hydroxylation is 1. The van der Waals surface area contributed by atoms with E-state index in [4.69, 9.17) is 0 Å². The van der Waals surface area contributed by atoms with Gasteiger partial charge in [-0.15, -0.1) is 0 Å². The normalized spacial score (nSPS) is 11.6. The van der Waals surface area contributed by atoms with E-state index in [1.807, 2.05) is 0 Å². The summed E-state index contributed by atoms with van der Waals surface area (Å²) in [5.74, 6) is -0.360. The SMILES string of the molecule is Cc1cc(S(=O)(=O)CCBr)ccc1F. The lowest BCUT2D eigenvalue weighted by Gasteiger charge is -2.03. The van der Waals surface area contributed by atoms with Crippen LogP contribution in [0.1, 0.15) is 5.56 Å². The number of halogens is 2. The standard InChI is InChI=1S/C9H10BrFO2S/c1-7-6-8(2-3-9(7)11)14(12,13)5-4-10/h2-3,6H,4-5H2,1H3. The Kier molecular flexibility index (Phi) is 3.66. The van der Waals surface area contributed by atoms with E-state index in [2.05, 4.69) is 15.9 Å². The molecular weight excluding hydrogens is 271 g/mol. The minimum Gasteiger partial charge on any atom is -0.224 e. The molecule has 0 amide bonds. The summed E-state index contributed by atoms with van der Waals surface area (Å²) in [6.07, 6.45) is 0. The molecule has 14 heavy (non-hydrogen) atoms. The van der Waals surface area contributed by atoms with Crippen LogP contribution in [0.3, 0.4) is 0 Å². The van der Waals surface area contributed by atoms with Crippen molar-refractivity contribution in [3.05, 3.63) is 29.6 Å². The van der Waals surface area contributed by atoms with Crippen LogP contribution in [0.4, 0.5) is 4.39 Å². The number of sulfone groups is 1.